The molecule has 2 atom stereocenters. The third-order valence-corrected chi connectivity index (χ3v) is 9.26. The van der Waals surface area contributed by atoms with Crippen molar-refractivity contribution >= 4 is 0 Å². The Morgan fingerprint density at radius 2 is 1.15 bits per heavy atom. The first kappa shape index (κ1) is 33.2. The predicted molar refractivity (Wildman–Crippen MR) is 177 cm³/mol. The van der Waals surface area contributed by atoms with Crippen molar-refractivity contribution in [3.8, 4) is 0 Å². The van der Waals surface area contributed by atoms with E-state index in [1.807, 2.05) is 0 Å². The van der Waals surface area contributed by atoms with Gasteiger partial charge in [0.25, 0.3) is 0 Å². The highest BCUT2D eigenvalue weighted by Gasteiger charge is 2.40. The molecular formula is C39H61N2+. The topological polar surface area (TPSA) is 8.81 Å². The minimum absolute atomic E-state index is 0.0156. The highest BCUT2D eigenvalue weighted by Crippen LogP contribution is 2.41. The lowest BCUT2D eigenvalue weighted by atomic mass is 9.70. The van der Waals surface area contributed by atoms with Crippen LogP contribution in [0, 0.1) is 0 Å². The van der Waals surface area contributed by atoms with Crippen molar-refractivity contribution < 1.29 is 4.57 Å². The molecule has 0 saturated heterocycles. The summed E-state index contributed by atoms with van der Waals surface area (Å²) >= 11 is 0. The van der Waals surface area contributed by atoms with Crippen LogP contribution in [0.15, 0.2) is 79.4 Å². The highest BCUT2D eigenvalue weighted by molar-refractivity contribution is 5.30. The molecule has 3 rings (SSSR count). The van der Waals surface area contributed by atoms with E-state index in [2.05, 4.69) is 109 Å². The molecule has 0 aliphatic carbocycles. The SMILES string of the molecule is CCCCCCCCCCCCCC[n+]1ccn(C(CCCCCC)C(C)(Cc2ccccc2)c2ccccc2)c1. The van der Waals surface area contributed by atoms with Crippen LogP contribution in [0.4, 0.5) is 0 Å². The minimum atomic E-state index is 0.0156. The van der Waals surface area contributed by atoms with Crippen LogP contribution in [-0.4, -0.2) is 4.57 Å². The first-order chi connectivity index (χ1) is 20.2. The fourth-order valence-electron chi connectivity index (χ4n) is 6.68. The number of nitrogens with zero attached hydrogens (tertiary/aromatic N) is 2. The largest absolute Gasteiger partial charge is 0.244 e. The number of rotatable bonds is 23. The molecule has 2 heteroatoms. The summed E-state index contributed by atoms with van der Waals surface area (Å²) in [5, 5.41) is 0. The van der Waals surface area contributed by atoms with Gasteiger partial charge in [0.2, 0.25) is 6.33 Å². The second kappa shape index (κ2) is 19.7. The van der Waals surface area contributed by atoms with E-state index in [0.717, 1.165) is 13.0 Å². The van der Waals surface area contributed by atoms with Gasteiger partial charge in [-0.05, 0) is 43.2 Å². The van der Waals surface area contributed by atoms with Crippen LogP contribution in [0.1, 0.15) is 147 Å². The van der Waals surface area contributed by atoms with Crippen molar-refractivity contribution in [3.63, 3.8) is 0 Å². The number of aryl methyl sites for hydroxylation is 1. The van der Waals surface area contributed by atoms with Gasteiger partial charge < -0.3 is 0 Å². The normalized spacial score (nSPS) is 13.7. The van der Waals surface area contributed by atoms with Crippen LogP contribution in [0.25, 0.3) is 0 Å². The van der Waals surface area contributed by atoms with Gasteiger partial charge in [-0.2, -0.15) is 0 Å². The molecule has 0 bridgehead atoms. The number of hydrogen-bond donors (Lipinski definition) is 0. The smallest absolute Gasteiger partial charge is 0.237 e. The number of imidazole rings is 1. The van der Waals surface area contributed by atoms with Gasteiger partial charge in [-0.1, -0.05) is 165 Å². The maximum absolute atomic E-state index is 2.56. The Morgan fingerprint density at radius 3 is 1.73 bits per heavy atom. The van der Waals surface area contributed by atoms with Crippen molar-refractivity contribution in [2.45, 2.75) is 154 Å². The molecule has 0 amide bonds. The molecule has 0 N–H and O–H groups in total. The standard InChI is InChI=1S/C39H61N2/c1-4-6-8-10-11-12-13-14-15-16-17-25-31-40-32-33-41(35-40)38(30-24-9-7-5-2)39(3,37-28-22-19-23-29-37)34-36-26-20-18-21-27-36/h18-23,26-29,32-33,35,38H,4-17,24-25,30-31,34H2,1-3H3/q+1. The van der Waals surface area contributed by atoms with Crippen molar-refractivity contribution in [2.24, 2.45) is 0 Å². The van der Waals surface area contributed by atoms with E-state index in [9.17, 15) is 0 Å². The molecule has 0 saturated carbocycles. The van der Waals surface area contributed by atoms with Crippen LogP contribution >= 0.6 is 0 Å². The van der Waals surface area contributed by atoms with Crippen molar-refractivity contribution in [1.82, 2.24) is 4.57 Å². The number of unbranched alkanes of at least 4 members (excludes halogenated alkanes) is 14. The lowest BCUT2D eigenvalue weighted by molar-refractivity contribution is -0.697. The third kappa shape index (κ3) is 11.8. The summed E-state index contributed by atoms with van der Waals surface area (Å²) in [6, 6.07) is 22.8. The van der Waals surface area contributed by atoms with Crippen LogP contribution in [0.5, 0.6) is 0 Å². The molecule has 1 heterocycles. The van der Waals surface area contributed by atoms with E-state index < -0.39 is 0 Å². The van der Waals surface area contributed by atoms with Gasteiger partial charge in [0, 0.05) is 5.41 Å². The number of hydrogen-bond acceptors (Lipinski definition) is 0. The van der Waals surface area contributed by atoms with Gasteiger partial charge in [-0.3, -0.25) is 0 Å². The minimum Gasteiger partial charge on any atom is -0.237 e. The van der Waals surface area contributed by atoms with Gasteiger partial charge in [0.05, 0.1) is 6.54 Å². The maximum atomic E-state index is 2.56. The monoisotopic (exact) mass is 557 g/mol. The lowest BCUT2D eigenvalue weighted by Crippen LogP contribution is -2.38. The molecule has 226 valence electrons. The van der Waals surface area contributed by atoms with Crippen molar-refractivity contribution in [1.29, 1.82) is 0 Å². The molecule has 3 aromatic rings. The Labute approximate surface area is 253 Å². The summed E-state index contributed by atoms with van der Waals surface area (Å²) in [4.78, 5) is 0. The van der Waals surface area contributed by atoms with E-state index >= 15 is 0 Å². The summed E-state index contributed by atoms with van der Waals surface area (Å²) in [6.45, 7) is 8.25. The molecule has 2 nitrogen and oxygen atoms in total. The molecule has 0 aliphatic heterocycles. The second-order valence-corrected chi connectivity index (χ2v) is 12.8. The van der Waals surface area contributed by atoms with Gasteiger partial charge in [0.15, 0.2) is 0 Å². The molecule has 1 aromatic heterocycles. The van der Waals surface area contributed by atoms with Crippen molar-refractivity contribution in [2.75, 3.05) is 0 Å². The zero-order valence-corrected chi connectivity index (χ0v) is 26.9. The van der Waals surface area contributed by atoms with Crippen LogP contribution in [-0.2, 0) is 18.4 Å². The fourth-order valence-corrected chi connectivity index (χ4v) is 6.68. The molecule has 2 unspecified atom stereocenters. The van der Waals surface area contributed by atoms with E-state index in [0.29, 0.717) is 6.04 Å². The molecule has 41 heavy (non-hydrogen) atoms. The Balaban J connectivity index is 1.58. The summed E-state index contributed by atoms with van der Waals surface area (Å²) in [5.41, 5.74) is 2.89. The summed E-state index contributed by atoms with van der Waals surface area (Å²) in [5.74, 6) is 0. The molecule has 2 aromatic carbocycles. The van der Waals surface area contributed by atoms with Gasteiger partial charge in [0.1, 0.15) is 18.4 Å². The third-order valence-electron chi connectivity index (χ3n) is 9.26. The first-order valence-electron chi connectivity index (χ1n) is 17.3. The average molecular weight is 558 g/mol. The number of benzene rings is 2. The van der Waals surface area contributed by atoms with E-state index in [-0.39, 0.29) is 5.41 Å². The van der Waals surface area contributed by atoms with Gasteiger partial charge in [-0.25, -0.2) is 9.13 Å². The second-order valence-electron chi connectivity index (χ2n) is 12.8. The summed E-state index contributed by atoms with van der Waals surface area (Å²) < 4.78 is 5.01. The summed E-state index contributed by atoms with van der Waals surface area (Å²) in [6.07, 6.45) is 31.4. The Hall–Kier alpha value is -2.35. The molecular weight excluding hydrogens is 496 g/mol. The van der Waals surface area contributed by atoms with E-state index in [1.165, 1.54) is 120 Å². The average Bonchev–Trinajstić information content (AvgIpc) is 3.47. The molecule has 0 radical (unpaired) electrons. The Morgan fingerprint density at radius 1 is 0.634 bits per heavy atom. The van der Waals surface area contributed by atoms with Crippen molar-refractivity contribution in [3.05, 3.63) is 90.5 Å². The zero-order valence-electron chi connectivity index (χ0n) is 26.9. The number of aromatic nitrogens is 2. The molecule has 0 aliphatic rings. The van der Waals surface area contributed by atoms with Crippen LogP contribution in [0.3, 0.4) is 0 Å². The highest BCUT2D eigenvalue weighted by atomic mass is 15.1. The van der Waals surface area contributed by atoms with Crippen LogP contribution < -0.4 is 4.57 Å². The lowest BCUT2D eigenvalue weighted by Gasteiger charge is -2.37. The zero-order chi connectivity index (χ0) is 29.0. The van der Waals surface area contributed by atoms with E-state index in [4.69, 9.17) is 0 Å². The first-order valence-corrected chi connectivity index (χ1v) is 17.3. The Kier molecular flexibility index (Phi) is 15.9. The maximum Gasteiger partial charge on any atom is 0.244 e. The Bertz CT molecular complexity index is 1020. The van der Waals surface area contributed by atoms with E-state index in [1.54, 1.807) is 0 Å². The molecule has 0 spiro atoms. The fraction of sp³-hybridized carbons (Fsp3) is 0.615. The van der Waals surface area contributed by atoms with Crippen LogP contribution in [0.2, 0.25) is 0 Å². The summed E-state index contributed by atoms with van der Waals surface area (Å²) in [7, 11) is 0. The predicted octanol–water partition coefficient (Wildman–Crippen LogP) is 11.2. The van der Waals surface area contributed by atoms with Gasteiger partial charge >= 0.3 is 0 Å². The quantitative estimate of drug-likeness (QED) is 0.0810. The van der Waals surface area contributed by atoms with Gasteiger partial charge in [-0.15, -0.1) is 0 Å². The molecule has 0 fully saturated rings.